The number of alkyl halides is 5. The molecule has 1 aromatic carbocycles. The molecule has 146 valence electrons. The summed E-state index contributed by atoms with van der Waals surface area (Å²) < 4.78 is 85.6. The van der Waals surface area contributed by atoms with Gasteiger partial charge in [-0.2, -0.15) is 13.2 Å². The quantitative estimate of drug-likeness (QED) is 0.781. The number of aliphatic hydroxyl groups excluding tert-OH is 1. The van der Waals surface area contributed by atoms with Crippen LogP contribution in [0.1, 0.15) is 17.2 Å². The van der Waals surface area contributed by atoms with Gasteiger partial charge in [0.25, 0.3) is 0 Å². The second kappa shape index (κ2) is 7.03. The van der Waals surface area contributed by atoms with Crippen molar-refractivity contribution in [2.45, 2.75) is 17.5 Å². The van der Waals surface area contributed by atoms with Crippen LogP contribution in [0.25, 0.3) is 11.3 Å². The summed E-state index contributed by atoms with van der Waals surface area (Å²) in [6.07, 6.45) is -4.82. The fraction of sp³-hybridized carbons (Fsp3) is 0.389. The molecule has 3 nitrogen and oxygen atoms in total. The van der Waals surface area contributed by atoms with E-state index in [0.717, 1.165) is 18.2 Å². The Hall–Kier alpha value is -2.29. The van der Waals surface area contributed by atoms with E-state index >= 15 is 0 Å². The summed E-state index contributed by atoms with van der Waals surface area (Å²) in [5.41, 5.74) is -2.27. The standard InChI is InChI=1S/C18H15F6NO2/c19-7-17(8-20)9-27-16-12(17)5-14(13(6-26)18(22,23)24)25-15(16)10-1-3-11(21)4-2-10/h1-5,13,26H,6-9H2. The summed E-state index contributed by atoms with van der Waals surface area (Å²) >= 11 is 0. The van der Waals surface area contributed by atoms with Crippen LogP contribution < -0.4 is 4.74 Å². The van der Waals surface area contributed by atoms with Crippen LogP contribution in [0.4, 0.5) is 26.3 Å². The number of ether oxygens (including phenoxy) is 1. The third-order valence-corrected chi connectivity index (χ3v) is 4.62. The first-order valence-electron chi connectivity index (χ1n) is 7.99. The fourth-order valence-corrected chi connectivity index (χ4v) is 2.98. The third-order valence-electron chi connectivity index (χ3n) is 4.62. The lowest BCUT2D eigenvalue weighted by Gasteiger charge is -2.23. The van der Waals surface area contributed by atoms with E-state index in [0.29, 0.717) is 0 Å². The number of benzene rings is 1. The average Bonchev–Trinajstić information content (AvgIpc) is 3.00. The molecule has 0 saturated heterocycles. The summed E-state index contributed by atoms with van der Waals surface area (Å²) in [6, 6.07) is 5.64. The van der Waals surface area contributed by atoms with Crippen LogP contribution in [-0.2, 0) is 5.41 Å². The SMILES string of the molecule is OCC(c1cc2c(c(-c3ccc(F)cc3)n1)OCC2(CF)CF)C(F)(F)F. The van der Waals surface area contributed by atoms with Crippen LogP contribution in [0.15, 0.2) is 30.3 Å². The van der Waals surface area contributed by atoms with Gasteiger partial charge in [0.15, 0.2) is 0 Å². The maximum atomic E-state index is 13.6. The summed E-state index contributed by atoms with van der Waals surface area (Å²) in [5.74, 6) is -2.95. The van der Waals surface area contributed by atoms with E-state index in [-0.39, 0.29) is 22.6 Å². The Morgan fingerprint density at radius 1 is 1.15 bits per heavy atom. The monoisotopic (exact) mass is 391 g/mol. The van der Waals surface area contributed by atoms with Crippen molar-refractivity contribution in [3.8, 4) is 17.0 Å². The van der Waals surface area contributed by atoms with Crippen molar-refractivity contribution < 1.29 is 36.2 Å². The van der Waals surface area contributed by atoms with Crippen molar-refractivity contribution >= 4 is 0 Å². The maximum absolute atomic E-state index is 13.6. The van der Waals surface area contributed by atoms with Gasteiger partial charge in [-0.15, -0.1) is 0 Å². The largest absolute Gasteiger partial charge is 0.490 e. The lowest BCUT2D eigenvalue weighted by Crippen LogP contribution is -2.33. The number of aliphatic hydroxyl groups is 1. The van der Waals surface area contributed by atoms with Crippen molar-refractivity contribution in [3.63, 3.8) is 0 Å². The Morgan fingerprint density at radius 2 is 1.78 bits per heavy atom. The second-order valence-corrected chi connectivity index (χ2v) is 6.39. The Kier molecular flexibility index (Phi) is 5.07. The molecule has 0 radical (unpaired) electrons. The van der Waals surface area contributed by atoms with Gasteiger partial charge < -0.3 is 9.84 Å². The molecule has 27 heavy (non-hydrogen) atoms. The van der Waals surface area contributed by atoms with Crippen molar-refractivity contribution in [1.82, 2.24) is 4.98 Å². The number of aromatic nitrogens is 1. The summed E-state index contributed by atoms with van der Waals surface area (Å²) in [6.45, 7) is -4.04. The van der Waals surface area contributed by atoms with Crippen molar-refractivity contribution in [3.05, 3.63) is 47.4 Å². The van der Waals surface area contributed by atoms with Crippen LogP contribution in [0.5, 0.6) is 5.75 Å². The second-order valence-electron chi connectivity index (χ2n) is 6.39. The van der Waals surface area contributed by atoms with Crippen LogP contribution in [0.2, 0.25) is 0 Å². The molecule has 9 heteroatoms. The Labute approximate surface area is 150 Å². The van der Waals surface area contributed by atoms with Crippen molar-refractivity contribution in [2.24, 2.45) is 0 Å². The molecule has 0 bridgehead atoms. The van der Waals surface area contributed by atoms with Crippen molar-refractivity contribution in [1.29, 1.82) is 0 Å². The molecule has 2 heterocycles. The average molecular weight is 391 g/mol. The molecule has 3 rings (SSSR count). The van der Waals surface area contributed by atoms with Gasteiger partial charge in [-0.05, 0) is 30.3 Å². The first kappa shape index (κ1) is 19.5. The zero-order chi connectivity index (χ0) is 19.8. The third kappa shape index (κ3) is 3.36. The van der Waals surface area contributed by atoms with E-state index < -0.39 is 55.6 Å². The van der Waals surface area contributed by atoms with Gasteiger partial charge in [-0.1, -0.05) is 0 Å². The predicted molar refractivity (Wildman–Crippen MR) is 84.6 cm³/mol. The zero-order valence-electron chi connectivity index (χ0n) is 13.9. The lowest BCUT2D eigenvalue weighted by atomic mass is 9.83. The van der Waals surface area contributed by atoms with Gasteiger partial charge in [-0.3, -0.25) is 0 Å². The van der Waals surface area contributed by atoms with Gasteiger partial charge >= 0.3 is 6.18 Å². The smallest absolute Gasteiger partial charge is 0.399 e. The highest BCUT2D eigenvalue weighted by Gasteiger charge is 2.47. The van der Waals surface area contributed by atoms with E-state index in [9.17, 15) is 31.4 Å². The number of fused-ring (bicyclic) bond motifs is 1. The number of nitrogens with zero attached hydrogens (tertiary/aromatic N) is 1. The van der Waals surface area contributed by atoms with Gasteiger partial charge in [-0.25, -0.2) is 18.2 Å². The molecular weight excluding hydrogens is 376 g/mol. The molecule has 1 aliphatic heterocycles. The Morgan fingerprint density at radius 3 is 2.30 bits per heavy atom. The van der Waals surface area contributed by atoms with E-state index in [1.54, 1.807) is 0 Å². The van der Waals surface area contributed by atoms with Crippen LogP contribution in [0.3, 0.4) is 0 Å². The molecule has 1 aliphatic rings. The number of rotatable bonds is 5. The van der Waals surface area contributed by atoms with E-state index in [4.69, 9.17) is 4.74 Å². The highest BCUT2D eigenvalue weighted by Crippen LogP contribution is 2.47. The Bertz CT molecular complexity index is 818. The molecule has 0 spiro atoms. The van der Waals surface area contributed by atoms with Gasteiger partial charge in [0, 0.05) is 11.1 Å². The molecule has 2 aromatic rings. The van der Waals surface area contributed by atoms with Gasteiger partial charge in [0.2, 0.25) is 0 Å². The van der Waals surface area contributed by atoms with E-state index in [1.807, 2.05) is 0 Å². The topological polar surface area (TPSA) is 42.4 Å². The van der Waals surface area contributed by atoms with Gasteiger partial charge in [0.1, 0.15) is 43.1 Å². The number of halogens is 6. The molecule has 0 fully saturated rings. The number of pyridine rings is 1. The Balaban J connectivity index is 2.26. The normalized spacial score (nSPS) is 16.7. The maximum Gasteiger partial charge on any atom is 0.399 e. The minimum absolute atomic E-state index is 0.0421. The molecule has 0 saturated carbocycles. The first-order valence-corrected chi connectivity index (χ1v) is 7.99. The molecule has 1 aromatic heterocycles. The first-order chi connectivity index (χ1) is 12.8. The predicted octanol–water partition coefficient (Wildman–Crippen LogP) is 4.10. The van der Waals surface area contributed by atoms with Crippen molar-refractivity contribution in [2.75, 3.05) is 26.6 Å². The van der Waals surface area contributed by atoms with E-state index in [1.165, 1.54) is 12.1 Å². The fourth-order valence-electron chi connectivity index (χ4n) is 2.98. The highest BCUT2D eigenvalue weighted by atomic mass is 19.4. The minimum Gasteiger partial charge on any atom is -0.490 e. The molecule has 1 N–H and O–H groups in total. The molecule has 1 unspecified atom stereocenters. The number of hydrogen-bond acceptors (Lipinski definition) is 3. The summed E-state index contributed by atoms with van der Waals surface area (Å²) in [4.78, 5) is 3.94. The highest BCUT2D eigenvalue weighted by molar-refractivity contribution is 5.71. The van der Waals surface area contributed by atoms with Gasteiger partial charge in [0.05, 0.1) is 17.7 Å². The lowest BCUT2D eigenvalue weighted by molar-refractivity contribution is -0.159. The molecule has 0 amide bonds. The zero-order valence-corrected chi connectivity index (χ0v) is 13.9. The van der Waals surface area contributed by atoms with Crippen LogP contribution in [-0.4, -0.2) is 42.8 Å². The number of hydrogen-bond donors (Lipinski definition) is 1. The molecule has 0 aliphatic carbocycles. The summed E-state index contributed by atoms with van der Waals surface area (Å²) in [5, 5.41) is 9.22. The molecule has 1 atom stereocenters. The molecular formula is C18H15F6NO2. The minimum atomic E-state index is -4.82. The van der Waals surface area contributed by atoms with Crippen LogP contribution >= 0.6 is 0 Å². The van der Waals surface area contributed by atoms with E-state index in [2.05, 4.69) is 4.98 Å². The summed E-state index contributed by atoms with van der Waals surface area (Å²) in [7, 11) is 0. The van der Waals surface area contributed by atoms with Crippen LogP contribution in [0, 0.1) is 5.82 Å².